The molecule has 0 aliphatic rings. The summed E-state index contributed by atoms with van der Waals surface area (Å²) in [4.78, 5) is 0. The molecule has 2 N–H and O–H groups in total. The summed E-state index contributed by atoms with van der Waals surface area (Å²) in [5.74, 6) is 0.439. The summed E-state index contributed by atoms with van der Waals surface area (Å²) in [5.41, 5.74) is 3.87. The summed E-state index contributed by atoms with van der Waals surface area (Å²) in [6.07, 6.45) is 7.15. The van der Waals surface area contributed by atoms with E-state index in [1.807, 2.05) is 27.8 Å². The topological polar surface area (TPSA) is 77.5 Å². The first-order valence-corrected chi connectivity index (χ1v) is 11.6. The van der Waals surface area contributed by atoms with E-state index in [4.69, 9.17) is 47.0 Å². The maximum atomic E-state index is 6.33. The average molecular weight is 524 g/mol. The van der Waals surface area contributed by atoms with Gasteiger partial charge in [-0.25, -0.2) is 0 Å². The molecule has 3 aromatic heterocycles. The maximum Gasteiger partial charge on any atom is 0.176 e. The minimum atomic E-state index is 0.348. The summed E-state index contributed by atoms with van der Waals surface area (Å²) in [6.45, 7) is 6.02. The second kappa shape index (κ2) is 10.1. The second-order valence-corrected chi connectivity index (χ2v) is 8.99. The van der Waals surface area contributed by atoms with E-state index >= 15 is 0 Å². The van der Waals surface area contributed by atoms with Crippen LogP contribution < -0.4 is 10.6 Å². The summed E-state index contributed by atoms with van der Waals surface area (Å²) in [6, 6.07) is 5.33. The molecule has 4 rings (SSSR count). The normalized spacial score (nSPS) is 11.1. The third-order valence-electron chi connectivity index (χ3n) is 5.02. The largest absolute Gasteiger partial charge is 0.330 e. The molecule has 0 unspecified atom stereocenters. The van der Waals surface area contributed by atoms with Crippen LogP contribution in [0.1, 0.15) is 23.7 Å². The zero-order valence-corrected chi connectivity index (χ0v) is 21.0. The second-order valence-electron chi connectivity index (χ2n) is 7.34. The quantitative estimate of drug-likeness (QED) is 0.313. The van der Waals surface area contributed by atoms with E-state index in [1.165, 1.54) is 0 Å². The van der Waals surface area contributed by atoms with Crippen molar-refractivity contribution in [2.75, 3.05) is 10.6 Å². The van der Waals surface area contributed by atoms with Crippen molar-refractivity contribution in [2.24, 2.45) is 0 Å². The highest BCUT2D eigenvalue weighted by Crippen LogP contribution is 2.24. The molecule has 3 heterocycles. The Labute approximate surface area is 211 Å². The molecule has 0 saturated heterocycles. The van der Waals surface area contributed by atoms with Crippen molar-refractivity contribution >= 4 is 63.6 Å². The van der Waals surface area contributed by atoms with Crippen LogP contribution in [0, 0.1) is 6.92 Å². The Bertz CT molecular complexity index is 1290. The van der Waals surface area contributed by atoms with Crippen LogP contribution >= 0.6 is 47.0 Å². The molecule has 12 heteroatoms. The number of thiocarbonyl (C=S) groups is 1. The molecule has 1 aromatic carbocycles. The van der Waals surface area contributed by atoms with Gasteiger partial charge in [0.15, 0.2) is 10.9 Å². The van der Waals surface area contributed by atoms with Gasteiger partial charge < -0.3 is 10.6 Å². The van der Waals surface area contributed by atoms with Gasteiger partial charge in [0.25, 0.3) is 0 Å². The number of rotatable bonds is 7. The molecular formula is C21H21Cl3N8S. The maximum absolute atomic E-state index is 6.33. The lowest BCUT2D eigenvalue weighted by molar-refractivity contribution is 0.633. The standard InChI is InChI=1S/C21H21Cl3N8S/c1-3-32-13(2)15(7-26-32)10-30-11-17(8-25-30)27-21(33)28-20-19(24)12-31(29-20)9-14-4-5-16(22)6-18(14)23/h4-8,11-12H,3,9-10H2,1-2H3,(H2,27,28,29,33). The molecule has 4 aromatic rings. The van der Waals surface area contributed by atoms with Gasteiger partial charge in [0.05, 0.1) is 31.2 Å². The van der Waals surface area contributed by atoms with Crippen molar-refractivity contribution < 1.29 is 0 Å². The zero-order valence-electron chi connectivity index (χ0n) is 17.9. The van der Waals surface area contributed by atoms with Crippen LogP contribution in [-0.2, 0) is 19.6 Å². The Morgan fingerprint density at radius 1 is 0.970 bits per heavy atom. The van der Waals surface area contributed by atoms with Gasteiger partial charge in [-0.3, -0.25) is 14.0 Å². The first-order chi connectivity index (χ1) is 15.8. The van der Waals surface area contributed by atoms with Crippen molar-refractivity contribution in [3.05, 3.63) is 74.9 Å². The van der Waals surface area contributed by atoms with Crippen LogP contribution in [0.4, 0.5) is 11.5 Å². The highest BCUT2D eigenvalue weighted by Gasteiger charge is 2.12. The molecule has 0 amide bonds. The smallest absolute Gasteiger partial charge is 0.176 e. The SMILES string of the molecule is CCn1ncc(Cn2cc(NC(=S)Nc3nn(Cc4ccc(Cl)cc4Cl)cc3Cl)cn2)c1C. The van der Waals surface area contributed by atoms with Crippen LogP contribution in [-0.4, -0.2) is 34.5 Å². The molecule has 0 aliphatic carbocycles. The molecule has 0 bridgehead atoms. The van der Waals surface area contributed by atoms with Gasteiger partial charge in [-0.1, -0.05) is 40.9 Å². The highest BCUT2D eigenvalue weighted by atomic mass is 35.5. The van der Waals surface area contributed by atoms with Gasteiger partial charge in [0, 0.05) is 40.2 Å². The van der Waals surface area contributed by atoms with E-state index in [0.29, 0.717) is 39.1 Å². The Balaban J connectivity index is 1.37. The molecule has 0 atom stereocenters. The molecule has 0 spiro atoms. The molecule has 8 nitrogen and oxygen atoms in total. The fraction of sp³-hybridized carbons (Fsp3) is 0.238. The third kappa shape index (κ3) is 5.67. The fourth-order valence-corrected chi connectivity index (χ4v) is 4.19. The Morgan fingerprint density at radius 3 is 2.48 bits per heavy atom. The predicted octanol–water partition coefficient (Wildman–Crippen LogP) is 5.47. The van der Waals surface area contributed by atoms with Crippen LogP contribution in [0.2, 0.25) is 15.1 Å². The summed E-state index contributed by atoms with van der Waals surface area (Å²) < 4.78 is 5.46. The van der Waals surface area contributed by atoms with E-state index in [2.05, 4.69) is 39.8 Å². The van der Waals surface area contributed by atoms with Gasteiger partial charge >= 0.3 is 0 Å². The van der Waals surface area contributed by atoms with Crippen molar-refractivity contribution in [1.82, 2.24) is 29.3 Å². The highest BCUT2D eigenvalue weighted by molar-refractivity contribution is 7.80. The van der Waals surface area contributed by atoms with Crippen molar-refractivity contribution in [3.63, 3.8) is 0 Å². The van der Waals surface area contributed by atoms with Gasteiger partial charge in [-0.15, -0.1) is 0 Å². The monoisotopic (exact) mass is 522 g/mol. The number of halogens is 3. The van der Waals surface area contributed by atoms with Crippen LogP contribution in [0.15, 0.2) is 43.0 Å². The summed E-state index contributed by atoms with van der Waals surface area (Å²) in [7, 11) is 0. The van der Waals surface area contributed by atoms with E-state index in [-0.39, 0.29) is 0 Å². The van der Waals surface area contributed by atoms with Crippen LogP contribution in [0.5, 0.6) is 0 Å². The average Bonchev–Trinajstić information content (AvgIpc) is 3.45. The molecular weight excluding hydrogens is 503 g/mol. The lowest BCUT2D eigenvalue weighted by Gasteiger charge is -2.07. The number of hydrogen-bond donors (Lipinski definition) is 2. The minimum Gasteiger partial charge on any atom is -0.330 e. The Kier molecular flexibility index (Phi) is 7.23. The van der Waals surface area contributed by atoms with Crippen molar-refractivity contribution in [3.8, 4) is 0 Å². The first kappa shape index (κ1) is 23.6. The Hall–Kier alpha value is -2.59. The van der Waals surface area contributed by atoms with Crippen LogP contribution in [0.3, 0.4) is 0 Å². The predicted molar refractivity (Wildman–Crippen MR) is 137 cm³/mol. The first-order valence-electron chi connectivity index (χ1n) is 10.1. The van der Waals surface area contributed by atoms with Crippen LogP contribution in [0.25, 0.3) is 0 Å². The van der Waals surface area contributed by atoms with Gasteiger partial charge in [-0.2, -0.15) is 15.3 Å². The van der Waals surface area contributed by atoms with E-state index in [9.17, 15) is 0 Å². The lowest BCUT2D eigenvalue weighted by atomic mass is 10.2. The number of aromatic nitrogens is 6. The molecule has 0 fully saturated rings. The van der Waals surface area contributed by atoms with Gasteiger partial charge in [0.1, 0.15) is 5.02 Å². The number of nitrogens with zero attached hydrogens (tertiary/aromatic N) is 6. The number of anilines is 2. The fourth-order valence-electron chi connectivity index (χ4n) is 3.31. The molecule has 0 saturated carbocycles. The molecule has 0 aliphatic heterocycles. The Morgan fingerprint density at radius 2 is 1.76 bits per heavy atom. The van der Waals surface area contributed by atoms with E-state index < -0.39 is 0 Å². The number of aryl methyl sites for hydroxylation is 1. The van der Waals surface area contributed by atoms with E-state index in [1.54, 1.807) is 29.2 Å². The third-order valence-corrected chi connectivity index (χ3v) is 6.09. The number of hydrogen-bond acceptors (Lipinski definition) is 4. The summed E-state index contributed by atoms with van der Waals surface area (Å²) >= 11 is 24.0. The lowest BCUT2D eigenvalue weighted by Crippen LogP contribution is -2.19. The van der Waals surface area contributed by atoms with E-state index in [0.717, 1.165) is 29.1 Å². The zero-order chi connectivity index (χ0) is 23.5. The summed E-state index contributed by atoms with van der Waals surface area (Å²) in [5, 5.41) is 21.3. The van der Waals surface area contributed by atoms with Gasteiger partial charge in [-0.05, 0) is 43.8 Å². The van der Waals surface area contributed by atoms with Crippen molar-refractivity contribution in [1.29, 1.82) is 0 Å². The number of nitrogens with one attached hydrogen (secondary N) is 2. The minimum absolute atomic E-state index is 0.348. The van der Waals surface area contributed by atoms with Gasteiger partial charge in [0.2, 0.25) is 0 Å². The molecule has 0 radical (unpaired) electrons. The molecule has 33 heavy (non-hydrogen) atoms. The van der Waals surface area contributed by atoms with Crippen molar-refractivity contribution in [2.45, 2.75) is 33.5 Å². The molecule has 172 valence electrons. The number of benzene rings is 1.